The van der Waals surface area contributed by atoms with Gasteiger partial charge in [-0.1, -0.05) is 6.92 Å². The number of carbonyl (C=O) groups excluding carboxylic acids is 1. The minimum Gasteiger partial charge on any atom is -0.327 e. The normalized spacial score (nSPS) is 16.4. The predicted octanol–water partition coefficient (Wildman–Crippen LogP) is 2.29. The van der Waals surface area contributed by atoms with Gasteiger partial charge in [-0.15, -0.1) is 23.7 Å². The third-order valence-corrected chi connectivity index (χ3v) is 4.81. The van der Waals surface area contributed by atoms with Gasteiger partial charge in [0.2, 0.25) is 0 Å². The van der Waals surface area contributed by atoms with Crippen molar-refractivity contribution < 1.29 is 4.79 Å². The van der Waals surface area contributed by atoms with Crippen molar-refractivity contribution in [1.82, 2.24) is 15.2 Å². The molecule has 0 saturated heterocycles. The van der Waals surface area contributed by atoms with Gasteiger partial charge in [0.25, 0.3) is 5.91 Å². The van der Waals surface area contributed by atoms with E-state index in [4.69, 9.17) is 5.73 Å². The van der Waals surface area contributed by atoms with Crippen molar-refractivity contribution in [2.75, 3.05) is 5.32 Å². The molecule has 0 saturated carbocycles. The summed E-state index contributed by atoms with van der Waals surface area (Å²) >= 11 is 1.52. The average molecular weight is 354 g/mol. The van der Waals surface area contributed by atoms with Crippen LogP contribution in [-0.4, -0.2) is 27.1 Å². The van der Waals surface area contributed by atoms with Gasteiger partial charge in [0.15, 0.2) is 5.13 Å². The maximum Gasteiger partial charge on any atom is 0.259 e. The third kappa shape index (κ3) is 3.85. The number of halogens is 1. The highest BCUT2D eigenvalue weighted by Gasteiger charge is 2.21. The molecular formula is C15H20ClN5OS. The van der Waals surface area contributed by atoms with Crippen molar-refractivity contribution in [2.24, 2.45) is 5.73 Å². The van der Waals surface area contributed by atoms with E-state index < -0.39 is 0 Å². The Labute approximate surface area is 145 Å². The SMILES string of the molecule is CCc1nnc(C)cc1C(=O)Nc1nc2c(s1)C[C@@H](N)CC2.Cl. The summed E-state index contributed by atoms with van der Waals surface area (Å²) in [6.07, 6.45) is 3.36. The van der Waals surface area contributed by atoms with Crippen molar-refractivity contribution in [1.29, 1.82) is 0 Å². The van der Waals surface area contributed by atoms with E-state index in [1.54, 1.807) is 6.07 Å². The zero-order valence-electron chi connectivity index (χ0n) is 13.1. The molecule has 2 aromatic rings. The Bertz CT molecular complexity index is 718. The molecular weight excluding hydrogens is 334 g/mol. The Kier molecular flexibility index (Phi) is 5.67. The van der Waals surface area contributed by atoms with Crippen LogP contribution in [0.4, 0.5) is 5.13 Å². The molecule has 0 aromatic carbocycles. The topological polar surface area (TPSA) is 93.8 Å². The number of hydrogen-bond donors (Lipinski definition) is 2. The van der Waals surface area contributed by atoms with Gasteiger partial charge in [0.1, 0.15) is 0 Å². The molecule has 2 heterocycles. The lowest BCUT2D eigenvalue weighted by Gasteiger charge is -2.15. The van der Waals surface area contributed by atoms with Crippen LogP contribution in [0.1, 0.15) is 45.7 Å². The lowest BCUT2D eigenvalue weighted by Crippen LogP contribution is -2.27. The van der Waals surface area contributed by atoms with Crippen molar-refractivity contribution >= 4 is 34.8 Å². The second kappa shape index (κ2) is 7.33. The van der Waals surface area contributed by atoms with E-state index in [0.29, 0.717) is 22.8 Å². The van der Waals surface area contributed by atoms with Crippen LogP contribution in [0.3, 0.4) is 0 Å². The molecule has 3 N–H and O–H groups in total. The van der Waals surface area contributed by atoms with Crippen LogP contribution in [-0.2, 0) is 19.3 Å². The molecule has 0 radical (unpaired) electrons. The van der Waals surface area contributed by atoms with E-state index in [1.807, 2.05) is 13.8 Å². The highest BCUT2D eigenvalue weighted by molar-refractivity contribution is 7.15. The van der Waals surface area contributed by atoms with E-state index >= 15 is 0 Å². The maximum atomic E-state index is 12.5. The lowest BCUT2D eigenvalue weighted by atomic mass is 9.99. The summed E-state index contributed by atoms with van der Waals surface area (Å²) < 4.78 is 0. The number of nitrogens with two attached hydrogens (primary N) is 1. The number of hydrogen-bond acceptors (Lipinski definition) is 6. The molecule has 124 valence electrons. The van der Waals surface area contributed by atoms with Crippen molar-refractivity contribution in [2.45, 2.75) is 45.6 Å². The van der Waals surface area contributed by atoms with Crippen LogP contribution in [0, 0.1) is 6.92 Å². The maximum absolute atomic E-state index is 12.5. The Morgan fingerprint density at radius 3 is 3.00 bits per heavy atom. The van der Waals surface area contributed by atoms with E-state index in [-0.39, 0.29) is 24.4 Å². The van der Waals surface area contributed by atoms with Crippen molar-refractivity contribution in [3.05, 3.63) is 33.6 Å². The van der Waals surface area contributed by atoms with Crippen molar-refractivity contribution in [3.63, 3.8) is 0 Å². The Morgan fingerprint density at radius 2 is 2.26 bits per heavy atom. The summed E-state index contributed by atoms with van der Waals surface area (Å²) in [7, 11) is 0. The molecule has 3 rings (SSSR count). The quantitative estimate of drug-likeness (QED) is 0.882. The second-order valence-electron chi connectivity index (χ2n) is 5.55. The highest BCUT2D eigenvalue weighted by atomic mass is 35.5. The molecule has 8 heteroatoms. The van der Waals surface area contributed by atoms with Crippen LogP contribution in [0.15, 0.2) is 6.07 Å². The Morgan fingerprint density at radius 1 is 1.48 bits per heavy atom. The number of rotatable bonds is 3. The van der Waals surface area contributed by atoms with Gasteiger partial charge in [-0.2, -0.15) is 10.2 Å². The molecule has 1 aliphatic rings. The molecule has 1 amide bonds. The summed E-state index contributed by atoms with van der Waals surface area (Å²) in [6, 6.07) is 1.97. The fraction of sp³-hybridized carbons (Fsp3) is 0.467. The first kappa shape index (κ1) is 17.8. The van der Waals surface area contributed by atoms with Gasteiger partial charge in [0, 0.05) is 10.9 Å². The molecule has 23 heavy (non-hydrogen) atoms. The van der Waals surface area contributed by atoms with Crippen LogP contribution in [0.25, 0.3) is 0 Å². The molecule has 2 aromatic heterocycles. The summed E-state index contributed by atoms with van der Waals surface area (Å²) in [5.74, 6) is -0.176. The number of fused-ring (bicyclic) bond motifs is 1. The fourth-order valence-electron chi connectivity index (χ4n) is 2.59. The molecule has 0 unspecified atom stereocenters. The zero-order valence-corrected chi connectivity index (χ0v) is 14.8. The van der Waals surface area contributed by atoms with Gasteiger partial charge < -0.3 is 5.73 Å². The number of nitrogens with one attached hydrogen (secondary N) is 1. The van der Waals surface area contributed by atoms with Crippen LogP contribution >= 0.6 is 23.7 Å². The molecule has 6 nitrogen and oxygen atoms in total. The summed E-state index contributed by atoms with van der Waals surface area (Å²) in [5, 5.41) is 11.6. The van der Waals surface area contributed by atoms with Gasteiger partial charge in [-0.25, -0.2) is 4.98 Å². The number of nitrogens with zero attached hydrogens (tertiary/aromatic N) is 3. The first-order valence-electron chi connectivity index (χ1n) is 7.45. The van der Waals surface area contributed by atoms with Gasteiger partial charge in [-0.05, 0) is 38.7 Å². The van der Waals surface area contributed by atoms with E-state index in [2.05, 4.69) is 20.5 Å². The second-order valence-corrected chi connectivity index (χ2v) is 6.63. The summed E-state index contributed by atoms with van der Waals surface area (Å²) in [6.45, 7) is 3.78. The number of carbonyl (C=O) groups is 1. The Hall–Kier alpha value is -1.57. The molecule has 0 bridgehead atoms. The van der Waals surface area contributed by atoms with Gasteiger partial charge in [0.05, 0.1) is 22.6 Å². The smallest absolute Gasteiger partial charge is 0.259 e. The average Bonchev–Trinajstić information content (AvgIpc) is 2.88. The van der Waals surface area contributed by atoms with Gasteiger partial charge >= 0.3 is 0 Å². The predicted molar refractivity (Wildman–Crippen MR) is 93.5 cm³/mol. The molecule has 0 aliphatic heterocycles. The molecule has 0 fully saturated rings. The summed E-state index contributed by atoms with van der Waals surface area (Å²) in [4.78, 5) is 18.2. The number of aromatic nitrogens is 3. The largest absolute Gasteiger partial charge is 0.327 e. The fourth-order valence-corrected chi connectivity index (χ4v) is 3.69. The number of anilines is 1. The van der Waals surface area contributed by atoms with Crippen LogP contribution < -0.4 is 11.1 Å². The monoisotopic (exact) mass is 353 g/mol. The Balaban J connectivity index is 0.00000192. The van der Waals surface area contributed by atoms with Crippen LogP contribution in [0.2, 0.25) is 0 Å². The summed E-state index contributed by atoms with van der Waals surface area (Å²) in [5.41, 5.74) is 9.05. The van der Waals surface area contributed by atoms with Crippen molar-refractivity contribution in [3.8, 4) is 0 Å². The van der Waals surface area contributed by atoms with Gasteiger partial charge in [-0.3, -0.25) is 10.1 Å². The number of thiazole rings is 1. The first-order valence-corrected chi connectivity index (χ1v) is 8.27. The third-order valence-electron chi connectivity index (χ3n) is 3.77. The lowest BCUT2D eigenvalue weighted by molar-refractivity contribution is 0.102. The first-order chi connectivity index (χ1) is 10.6. The number of aryl methyl sites for hydroxylation is 3. The highest BCUT2D eigenvalue weighted by Crippen LogP contribution is 2.29. The molecule has 1 atom stereocenters. The standard InChI is InChI=1S/C15H19N5OS.ClH/c1-3-11-10(6-8(2)19-20-11)14(21)18-15-17-12-5-4-9(16)7-13(12)22-15;/h6,9H,3-5,7,16H2,1-2H3,(H,17,18,21);1H/t9-;/m0./s1. The zero-order chi connectivity index (χ0) is 15.7. The van der Waals surface area contributed by atoms with E-state index in [9.17, 15) is 4.79 Å². The van der Waals surface area contributed by atoms with E-state index in [0.717, 1.165) is 30.7 Å². The van der Waals surface area contributed by atoms with Crippen LogP contribution in [0.5, 0.6) is 0 Å². The minimum atomic E-state index is -0.176. The number of amides is 1. The minimum absolute atomic E-state index is 0. The molecule has 0 spiro atoms. The van der Waals surface area contributed by atoms with E-state index in [1.165, 1.54) is 16.2 Å². The molecule has 1 aliphatic carbocycles.